The predicted molar refractivity (Wildman–Crippen MR) is 237 cm³/mol. The summed E-state index contributed by atoms with van der Waals surface area (Å²) in [7, 11) is 0. The molecule has 5 nitrogen and oxygen atoms in total. The monoisotopic (exact) mass is 760 g/mol. The van der Waals surface area contributed by atoms with E-state index in [2.05, 4.69) is 115 Å². The molecule has 7 aromatic carbocycles. The van der Waals surface area contributed by atoms with Crippen LogP contribution >= 0.6 is 11.8 Å². The van der Waals surface area contributed by atoms with Crippen molar-refractivity contribution in [2.24, 2.45) is 0 Å². The second kappa shape index (κ2) is 14.3. The molecule has 0 atom stereocenters. The van der Waals surface area contributed by atoms with E-state index in [1.165, 1.54) is 16.0 Å². The molecule has 1 aliphatic heterocycles. The molecule has 6 heteroatoms. The van der Waals surface area contributed by atoms with Crippen LogP contribution in [-0.4, -0.2) is 19.9 Å². The normalized spacial score (nSPS) is 12.0. The second-order valence-electron chi connectivity index (χ2n) is 14.3. The molecule has 10 aromatic rings. The van der Waals surface area contributed by atoms with Gasteiger partial charge in [0.05, 0.1) is 11.4 Å². The van der Waals surface area contributed by atoms with Crippen molar-refractivity contribution in [2.75, 3.05) is 0 Å². The van der Waals surface area contributed by atoms with Crippen molar-refractivity contribution in [2.45, 2.75) is 9.79 Å². The Labute approximate surface area is 339 Å². The lowest BCUT2D eigenvalue weighted by molar-refractivity contribution is 0.669. The van der Waals surface area contributed by atoms with Gasteiger partial charge in [-0.05, 0) is 69.8 Å². The Morgan fingerprint density at radius 1 is 0.379 bits per heavy atom. The van der Waals surface area contributed by atoms with Gasteiger partial charge in [0.1, 0.15) is 11.2 Å². The Morgan fingerprint density at radius 2 is 1.03 bits per heavy atom. The lowest BCUT2D eigenvalue weighted by Crippen LogP contribution is -1.98. The third-order valence-corrected chi connectivity index (χ3v) is 11.8. The Hall–Kier alpha value is -7.41. The first-order chi connectivity index (χ1) is 28.7. The Kier molecular flexibility index (Phi) is 8.34. The molecule has 0 spiro atoms. The summed E-state index contributed by atoms with van der Waals surface area (Å²) in [5.41, 5.74) is 13.7. The van der Waals surface area contributed by atoms with Gasteiger partial charge in [0.2, 0.25) is 0 Å². The Bertz CT molecular complexity index is 3190. The van der Waals surface area contributed by atoms with Crippen LogP contribution in [0.4, 0.5) is 0 Å². The first-order valence-electron chi connectivity index (χ1n) is 19.2. The van der Waals surface area contributed by atoms with Gasteiger partial charge in [-0.25, -0.2) is 19.9 Å². The van der Waals surface area contributed by atoms with Gasteiger partial charge in [-0.15, -0.1) is 0 Å². The fraction of sp³-hybridized carbons (Fsp3) is 0. The zero-order valence-electron chi connectivity index (χ0n) is 31.1. The number of aromatic nitrogens is 4. The SMILES string of the molecule is C1=Cc2ccc(-c3nc(-c4ccccc4)cc(-c4cnc(-c5ccccc5)nc4)n3)cc2-c2cc3oc4ccccc4c3cc2Sc2ccccc2-c2ccccc21. The molecule has 58 heavy (non-hydrogen) atoms. The number of benzene rings is 7. The number of hydrogen-bond acceptors (Lipinski definition) is 6. The minimum Gasteiger partial charge on any atom is -0.456 e. The van der Waals surface area contributed by atoms with E-state index in [4.69, 9.17) is 24.4 Å². The van der Waals surface area contributed by atoms with E-state index >= 15 is 0 Å². The maximum absolute atomic E-state index is 6.52. The summed E-state index contributed by atoms with van der Waals surface area (Å²) < 4.78 is 6.52. The molecule has 0 amide bonds. The van der Waals surface area contributed by atoms with Gasteiger partial charge >= 0.3 is 0 Å². The molecular weight excluding hydrogens is 729 g/mol. The highest BCUT2D eigenvalue weighted by molar-refractivity contribution is 7.99. The number of hydrogen-bond donors (Lipinski definition) is 0. The topological polar surface area (TPSA) is 64.7 Å². The van der Waals surface area contributed by atoms with E-state index in [-0.39, 0.29) is 0 Å². The van der Waals surface area contributed by atoms with Crippen LogP contribution in [0.2, 0.25) is 0 Å². The molecule has 0 bridgehead atoms. The van der Waals surface area contributed by atoms with E-state index < -0.39 is 0 Å². The number of furan rings is 1. The summed E-state index contributed by atoms with van der Waals surface area (Å²) in [4.78, 5) is 22.2. The van der Waals surface area contributed by atoms with Crippen LogP contribution in [0.25, 0.3) is 102 Å². The van der Waals surface area contributed by atoms with Crippen LogP contribution < -0.4 is 0 Å². The van der Waals surface area contributed by atoms with Gasteiger partial charge in [-0.1, -0.05) is 157 Å². The van der Waals surface area contributed by atoms with E-state index in [0.717, 1.165) is 82.7 Å². The molecular formula is C52H32N4OS. The lowest BCUT2D eigenvalue weighted by atomic mass is 9.94. The highest BCUT2D eigenvalue weighted by Crippen LogP contribution is 2.47. The summed E-state index contributed by atoms with van der Waals surface area (Å²) in [6, 6.07) is 58.9. The number of para-hydroxylation sites is 1. The maximum Gasteiger partial charge on any atom is 0.160 e. The van der Waals surface area contributed by atoms with Crippen molar-refractivity contribution in [1.29, 1.82) is 0 Å². The highest BCUT2D eigenvalue weighted by atomic mass is 32.2. The Morgan fingerprint density at radius 3 is 1.84 bits per heavy atom. The third-order valence-electron chi connectivity index (χ3n) is 10.7. The second-order valence-corrected chi connectivity index (χ2v) is 15.3. The molecule has 4 heterocycles. The fourth-order valence-electron chi connectivity index (χ4n) is 7.76. The Balaban J connectivity index is 1.13. The molecule has 1 aliphatic rings. The van der Waals surface area contributed by atoms with E-state index in [1.54, 1.807) is 11.8 Å². The highest BCUT2D eigenvalue weighted by Gasteiger charge is 2.21. The number of nitrogens with zero attached hydrogens (tertiary/aromatic N) is 4. The molecule has 0 saturated heterocycles. The smallest absolute Gasteiger partial charge is 0.160 e. The van der Waals surface area contributed by atoms with E-state index in [9.17, 15) is 0 Å². The maximum atomic E-state index is 6.52. The average Bonchev–Trinajstić information content (AvgIpc) is 3.65. The van der Waals surface area contributed by atoms with Crippen LogP contribution in [0.3, 0.4) is 0 Å². The van der Waals surface area contributed by atoms with Crippen molar-refractivity contribution in [1.82, 2.24) is 19.9 Å². The molecule has 272 valence electrons. The van der Waals surface area contributed by atoms with Crippen molar-refractivity contribution in [3.63, 3.8) is 0 Å². The molecule has 0 fully saturated rings. The molecule has 3 aromatic heterocycles. The van der Waals surface area contributed by atoms with Crippen molar-refractivity contribution in [3.05, 3.63) is 193 Å². The van der Waals surface area contributed by atoms with Crippen molar-refractivity contribution < 1.29 is 4.42 Å². The summed E-state index contributed by atoms with van der Waals surface area (Å²) >= 11 is 1.79. The first kappa shape index (κ1) is 33.9. The third kappa shape index (κ3) is 6.17. The van der Waals surface area contributed by atoms with Gasteiger partial charge < -0.3 is 4.42 Å². The van der Waals surface area contributed by atoms with Crippen LogP contribution in [0.15, 0.2) is 196 Å². The van der Waals surface area contributed by atoms with Crippen molar-refractivity contribution >= 4 is 45.9 Å². The van der Waals surface area contributed by atoms with Gasteiger partial charge in [-0.2, -0.15) is 0 Å². The summed E-state index contributed by atoms with van der Waals surface area (Å²) in [6.45, 7) is 0. The number of rotatable bonds is 4. The molecule has 0 aliphatic carbocycles. The van der Waals surface area contributed by atoms with Gasteiger partial charge in [0.15, 0.2) is 11.6 Å². The minimum absolute atomic E-state index is 0.610. The summed E-state index contributed by atoms with van der Waals surface area (Å²) in [5.74, 6) is 1.28. The molecule has 0 N–H and O–H groups in total. The predicted octanol–water partition coefficient (Wildman–Crippen LogP) is 13.8. The van der Waals surface area contributed by atoms with Crippen LogP contribution in [0, 0.1) is 0 Å². The van der Waals surface area contributed by atoms with Gasteiger partial charge in [0.25, 0.3) is 0 Å². The van der Waals surface area contributed by atoms with Crippen molar-refractivity contribution in [3.8, 4) is 67.5 Å². The lowest BCUT2D eigenvalue weighted by Gasteiger charge is -2.16. The molecule has 0 radical (unpaired) electrons. The summed E-state index contributed by atoms with van der Waals surface area (Å²) in [6.07, 6.45) is 8.14. The average molecular weight is 761 g/mol. The van der Waals surface area contributed by atoms with E-state index in [0.29, 0.717) is 11.6 Å². The number of fused-ring (bicyclic) bond motifs is 9. The minimum atomic E-state index is 0.610. The summed E-state index contributed by atoms with van der Waals surface area (Å²) in [5, 5.41) is 2.19. The molecule has 0 saturated carbocycles. The quantitative estimate of drug-likeness (QED) is 0.178. The van der Waals surface area contributed by atoms with Crippen LogP contribution in [-0.2, 0) is 0 Å². The standard InChI is InChI=1S/C52H32N4OS/c1-3-14-35(15-4-1)45-30-46(38-31-53-51(54-32-38)36-16-5-2-6-17-36)56-52(55-45)37-26-25-34-24-23-33-13-7-8-18-39(33)41-20-10-12-22-49(41)58-50-29-43-40-19-9-11-21-47(40)57-48(43)28-44(50)42(34)27-37/h1-32H. The van der Waals surface area contributed by atoms with Gasteiger partial charge in [0, 0.05) is 55.2 Å². The largest absolute Gasteiger partial charge is 0.456 e. The van der Waals surface area contributed by atoms with Crippen LogP contribution in [0.1, 0.15) is 11.1 Å². The first-order valence-corrected chi connectivity index (χ1v) is 20.0. The zero-order valence-corrected chi connectivity index (χ0v) is 31.9. The van der Waals surface area contributed by atoms with Gasteiger partial charge in [-0.3, -0.25) is 0 Å². The molecule has 11 rings (SSSR count). The zero-order chi connectivity index (χ0) is 38.4. The van der Waals surface area contributed by atoms with Crippen LogP contribution in [0.5, 0.6) is 0 Å². The van der Waals surface area contributed by atoms with E-state index in [1.807, 2.05) is 79.1 Å². The molecule has 0 unspecified atom stereocenters. The fourth-order valence-corrected chi connectivity index (χ4v) is 8.89.